The van der Waals surface area contributed by atoms with Crippen LogP contribution in [0.3, 0.4) is 0 Å². The Bertz CT molecular complexity index is 992. The number of carbonyl (C=O) groups is 1. The molecule has 1 aromatic carbocycles. The lowest BCUT2D eigenvalue weighted by atomic mass is 10.3. The molecule has 0 bridgehead atoms. The Hall–Kier alpha value is -2.23. The summed E-state index contributed by atoms with van der Waals surface area (Å²) >= 11 is 1.04. The molecule has 9 heteroatoms. The number of hydrogen-bond acceptors (Lipinski definition) is 6. The van der Waals surface area contributed by atoms with Gasteiger partial charge in [-0.05, 0) is 30.0 Å². The van der Waals surface area contributed by atoms with Gasteiger partial charge >= 0.3 is 5.97 Å². The van der Waals surface area contributed by atoms with Crippen molar-refractivity contribution in [1.82, 2.24) is 14.3 Å². The second-order valence-corrected chi connectivity index (χ2v) is 7.94. The van der Waals surface area contributed by atoms with Gasteiger partial charge < -0.3 is 9.30 Å². The van der Waals surface area contributed by atoms with Gasteiger partial charge in [-0.15, -0.1) is 11.3 Å². The lowest BCUT2D eigenvalue weighted by Crippen LogP contribution is -2.26. The summed E-state index contributed by atoms with van der Waals surface area (Å²) in [7, 11) is -2.53. The number of para-hydroxylation sites is 2. The van der Waals surface area contributed by atoms with E-state index >= 15 is 0 Å². The number of methoxy groups -OCH3 is 1. The molecule has 0 aliphatic carbocycles. The molecule has 1 N–H and O–H groups in total. The number of imidazole rings is 1. The Morgan fingerprint density at radius 2 is 2.12 bits per heavy atom. The topological polar surface area (TPSA) is 90.3 Å². The van der Waals surface area contributed by atoms with E-state index in [1.54, 1.807) is 11.7 Å². The highest BCUT2D eigenvalue weighted by Crippen LogP contribution is 2.22. The van der Waals surface area contributed by atoms with Gasteiger partial charge in [0.25, 0.3) is 0 Å². The van der Waals surface area contributed by atoms with E-state index in [1.165, 1.54) is 13.2 Å². The highest BCUT2D eigenvalue weighted by molar-refractivity contribution is 7.89. The molecule has 0 saturated heterocycles. The first-order valence-electron chi connectivity index (χ1n) is 7.58. The average Bonchev–Trinajstić information content (AvgIpc) is 3.26. The molecule has 0 atom stereocenters. The number of fused-ring (bicyclic) bond motifs is 1. The van der Waals surface area contributed by atoms with Gasteiger partial charge in [0.1, 0.15) is 9.77 Å². The molecular formula is C16H17N3O4S2. The number of esters is 1. The van der Waals surface area contributed by atoms with Crippen LogP contribution >= 0.6 is 11.3 Å². The van der Waals surface area contributed by atoms with E-state index in [1.807, 2.05) is 28.8 Å². The van der Waals surface area contributed by atoms with Crippen LogP contribution in [0.1, 0.15) is 16.1 Å². The first-order valence-corrected chi connectivity index (χ1v) is 9.94. The van der Waals surface area contributed by atoms with E-state index in [0.717, 1.165) is 22.4 Å². The predicted molar refractivity (Wildman–Crippen MR) is 95.2 cm³/mol. The molecule has 0 saturated carbocycles. The highest BCUT2D eigenvalue weighted by atomic mass is 32.2. The van der Waals surface area contributed by atoms with E-state index in [-0.39, 0.29) is 16.3 Å². The first-order chi connectivity index (χ1) is 12.0. The Labute approximate surface area is 149 Å². The molecule has 3 aromatic rings. The van der Waals surface area contributed by atoms with Crippen molar-refractivity contribution in [2.75, 3.05) is 13.7 Å². The van der Waals surface area contributed by atoms with Gasteiger partial charge in [0.2, 0.25) is 10.0 Å². The molecule has 0 amide bonds. The van der Waals surface area contributed by atoms with Crippen molar-refractivity contribution in [2.24, 2.45) is 0 Å². The van der Waals surface area contributed by atoms with Crippen LogP contribution < -0.4 is 4.72 Å². The second kappa shape index (κ2) is 7.34. The smallest absolute Gasteiger partial charge is 0.349 e. The molecule has 0 unspecified atom stereocenters. The van der Waals surface area contributed by atoms with Crippen LogP contribution in [0.4, 0.5) is 0 Å². The number of nitrogens with zero attached hydrogens (tertiary/aromatic N) is 2. The number of carbonyl (C=O) groups excluding carboxylic acids is 1. The van der Waals surface area contributed by atoms with Crippen LogP contribution in [0.15, 0.2) is 46.9 Å². The van der Waals surface area contributed by atoms with Crippen molar-refractivity contribution >= 4 is 38.4 Å². The van der Waals surface area contributed by atoms with Gasteiger partial charge in [-0.25, -0.2) is 22.9 Å². The number of rotatable bonds is 7. The highest BCUT2D eigenvalue weighted by Gasteiger charge is 2.24. The number of hydrogen-bond donors (Lipinski definition) is 1. The fourth-order valence-electron chi connectivity index (χ4n) is 2.47. The van der Waals surface area contributed by atoms with Crippen molar-refractivity contribution < 1.29 is 17.9 Å². The normalized spacial score (nSPS) is 11.7. The van der Waals surface area contributed by atoms with Gasteiger partial charge in [-0.3, -0.25) is 0 Å². The quantitative estimate of drug-likeness (QED) is 0.502. The molecule has 0 aliphatic heterocycles. The molecule has 0 radical (unpaired) electrons. The van der Waals surface area contributed by atoms with Crippen LogP contribution in [0.5, 0.6) is 0 Å². The van der Waals surface area contributed by atoms with Crippen LogP contribution in [0.25, 0.3) is 11.0 Å². The van der Waals surface area contributed by atoms with Crippen molar-refractivity contribution in [3.8, 4) is 0 Å². The summed E-state index contributed by atoms with van der Waals surface area (Å²) in [5.41, 5.74) is 1.92. The van der Waals surface area contributed by atoms with Crippen LogP contribution in [0, 0.1) is 0 Å². The van der Waals surface area contributed by atoms with Crippen molar-refractivity contribution in [3.63, 3.8) is 0 Å². The van der Waals surface area contributed by atoms with Gasteiger partial charge in [-0.1, -0.05) is 12.1 Å². The second-order valence-electron chi connectivity index (χ2n) is 5.28. The fourth-order valence-corrected chi connectivity index (χ4v) is 4.88. The number of sulfonamides is 1. The Balaban J connectivity index is 1.62. The number of aryl methyl sites for hydroxylation is 1. The molecule has 0 fully saturated rings. The molecule has 0 spiro atoms. The van der Waals surface area contributed by atoms with E-state index in [0.29, 0.717) is 13.0 Å². The predicted octanol–water partition coefficient (Wildman–Crippen LogP) is 2.25. The minimum Gasteiger partial charge on any atom is -0.465 e. The fraction of sp³-hybridized carbons (Fsp3) is 0.250. The molecular weight excluding hydrogens is 362 g/mol. The number of aromatic nitrogens is 2. The maximum Gasteiger partial charge on any atom is 0.349 e. The third-order valence-electron chi connectivity index (χ3n) is 3.68. The summed E-state index contributed by atoms with van der Waals surface area (Å²) in [5.74, 6) is -0.653. The molecule has 3 rings (SSSR count). The number of nitrogens with one attached hydrogen (secondary N) is 1. The zero-order valence-electron chi connectivity index (χ0n) is 13.5. The summed E-state index contributed by atoms with van der Waals surface area (Å²) in [5, 5.41) is 1.55. The summed E-state index contributed by atoms with van der Waals surface area (Å²) in [6.07, 6.45) is 2.34. The van der Waals surface area contributed by atoms with Gasteiger partial charge in [-0.2, -0.15) is 0 Å². The van der Waals surface area contributed by atoms with Crippen LogP contribution in [-0.2, 0) is 21.3 Å². The van der Waals surface area contributed by atoms with Gasteiger partial charge in [0.15, 0.2) is 0 Å². The molecule has 2 heterocycles. The monoisotopic (exact) mass is 379 g/mol. The van der Waals surface area contributed by atoms with E-state index in [2.05, 4.69) is 14.4 Å². The van der Waals surface area contributed by atoms with Crippen molar-refractivity contribution in [2.45, 2.75) is 17.9 Å². The Morgan fingerprint density at radius 3 is 2.92 bits per heavy atom. The zero-order valence-corrected chi connectivity index (χ0v) is 15.1. The number of thiophene rings is 1. The lowest BCUT2D eigenvalue weighted by molar-refractivity contribution is 0.0602. The van der Waals surface area contributed by atoms with Crippen LogP contribution in [0.2, 0.25) is 0 Å². The zero-order chi connectivity index (χ0) is 17.9. The minimum absolute atomic E-state index is 0.0440. The first kappa shape index (κ1) is 17.6. The summed E-state index contributed by atoms with van der Waals surface area (Å²) in [6.45, 7) is 0.891. The molecule has 132 valence electrons. The standard InChI is InChI=1S/C16H17N3O4S2/c1-23-16(20)15-14(7-10-24-15)25(21,22)18-8-4-9-19-11-17-12-5-2-3-6-13(12)19/h2-3,5-7,10-11,18H,4,8-9H2,1H3. The summed E-state index contributed by atoms with van der Waals surface area (Å²) < 4.78 is 33.9. The molecule has 7 nitrogen and oxygen atoms in total. The third-order valence-corrected chi connectivity index (χ3v) is 6.21. The Kier molecular flexibility index (Phi) is 5.16. The maximum absolute atomic E-state index is 12.4. The molecule has 2 aromatic heterocycles. The van der Waals surface area contributed by atoms with Gasteiger partial charge in [0, 0.05) is 13.1 Å². The Morgan fingerprint density at radius 1 is 1.32 bits per heavy atom. The number of ether oxygens (including phenoxy) is 1. The minimum atomic E-state index is -3.75. The van der Waals surface area contributed by atoms with Crippen molar-refractivity contribution in [1.29, 1.82) is 0 Å². The average molecular weight is 379 g/mol. The summed E-state index contributed by atoms with van der Waals surface area (Å²) in [4.78, 5) is 16.0. The lowest BCUT2D eigenvalue weighted by Gasteiger charge is -2.08. The molecule has 0 aliphatic rings. The van der Waals surface area contributed by atoms with E-state index in [9.17, 15) is 13.2 Å². The van der Waals surface area contributed by atoms with E-state index < -0.39 is 16.0 Å². The van der Waals surface area contributed by atoms with Crippen LogP contribution in [-0.4, -0.2) is 37.6 Å². The van der Waals surface area contributed by atoms with Crippen molar-refractivity contribution in [3.05, 3.63) is 46.9 Å². The number of benzene rings is 1. The molecule has 25 heavy (non-hydrogen) atoms. The third kappa shape index (κ3) is 3.73. The summed E-state index contributed by atoms with van der Waals surface area (Å²) in [6, 6.07) is 9.17. The SMILES string of the molecule is COC(=O)c1sccc1S(=O)(=O)NCCCn1cnc2ccccc21. The van der Waals surface area contributed by atoms with Gasteiger partial charge in [0.05, 0.1) is 24.5 Å². The maximum atomic E-state index is 12.4. The largest absolute Gasteiger partial charge is 0.465 e. The van der Waals surface area contributed by atoms with E-state index in [4.69, 9.17) is 0 Å².